The molecule has 4 aromatic rings. The first-order valence-electron chi connectivity index (χ1n) is 9.81. The van der Waals surface area contributed by atoms with Gasteiger partial charge in [0, 0.05) is 18.0 Å². The van der Waals surface area contributed by atoms with Gasteiger partial charge in [-0.2, -0.15) is 5.10 Å². The zero-order chi connectivity index (χ0) is 24.0. The average Bonchev–Trinajstić information content (AvgIpc) is 3.49. The number of amides is 1. The lowest BCUT2D eigenvalue weighted by Crippen LogP contribution is -2.13. The van der Waals surface area contributed by atoms with Gasteiger partial charge in [-0.05, 0) is 36.4 Å². The minimum Gasteiger partial charge on any atom is -0.478 e. The minimum absolute atomic E-state index is 0.0366. The Hall–Kier alpha value is -4.41. The highest BCUT2D eigenvalue weighted by Crippen LogP contribution is 2.28. The highest BCUT2D eigenvalue weighted by Gasteiger charge is 2.22. The van der Waals surface area contributed by atoms with Crippen LogP contribution in [-0.4, -0.2) is 36.7 Å². The maximum absolute atomic E-state index is 13.5. The van der Waals surface area contributed by atoms with E-state index in [1.165, 1.54) is 42.9 Å². The molecule has 0 aliphatic rings. The van der Waals surface area contributed by atoms with Crippen molar-refractivity contribution in [3.05, 3.63) is 78.2 Å². The second-order valence-electron chi connectivity index (χ2n) is 6.25. The number of hydrogen-bond acceptors (Lipinski definition) is 6. The molecule has 0 aliphatic heterocycles. The van der Waals surface area contributed by atoms with Crippen LogP contribution in [0.1, 0.15) is 46.8 Å². The summed E-state index contributed by atoms with van der Waals surface area (Å²) in [7, 11) is 0. The first-order valence-corrected chi connectivity index (χ1v) is 9.81. The molecule has 0 unspecified atom stereocenters. The van der Waals surface area contributed by atoms with Crippen LogP contribution in [-0.2, 0) is 0 Å². The number of nitrogens with one attached hydrogen (secondary N) is 1. The summed E-state index contributed by atoms with van der Waals surface area (Å²) >= 11 is 0. The van der Waals surface area contributed by atoms with E-state index >= 15 is 0 Å². The standard InChI is InChI=1S/C20H13F2N5O4.C2H6/c21-17(22)16-14(9-27(26-16)13-3-1-12(2-4-13)20(29)30)24-18(28)15-10-31-19(25-15)11-5-7-23-8-6-11;1-2/h1-10,17H,(H,24,28)(H,29,30);1-2H3. The van der Waals surface area contributed by atoms with Crippen LogP contribution >= 0.6 is 0 Å². The van der Waals surface area contributed by atoms with Crippen LogP contribution in [0.5, 0.6) is 0 Å². The third-order valence-corrected chi connectivity index (χ3v) is 4.24. The van der Waals surface area contributed by atoms with Crippen LogP contribution in [0, 0.1) is 0 Å². The van der Waals surface area contributed by atoms with Crippen molar-refractivity contribution in [3.8, 4) is 17.1 Å². The molecule has 1 aromatic carbocycles. The van der Waals surface area contributed by atoms with Crippen molar-refractivity contribution in [2.45, 2.75) is 20.3 Å². The number of benzene rings is 1. The van der Waals surface area contributed by atoms with E-state index in [0.29, 0.717) is 11.3 Å². The number of anilines is 1. The van der Waals surface area contributed by atoms with E-state index in [9.17, 15) is 18.4 Å². The van der Waals surface area contributed by atoms with Crippen molar-refractivity contribution in [3.63, 3.8) is 0 Å². The van der Waals surface area contributed by atoms with E-state index < -0.39 is 24.0 Å². The lowest BCUT2D eigenvalue weighted by molar-refractivity contribution is 0.0696. The molecular formula is C22H19F2N5O4. The molecule has 33 heavy (non-hydrogen) atoms. The van der Waals surface area contributed by atoms with E-state index in [2.05, 4.69) is 20.4 Å². The van der Waals surface area contributed by atoms with E-state index in [-0.39, 0.29) is 22.8 Å². The van der Waals surface area contributed by atoms with Crippen LogP contribution in [0.15, 0.2) is 65.7 Å². The third kappa shape index (κ3) is 5.26. The number of carboxylic acids is 1. The molecule has 0 fully saturated rings. The predicted octanol–water partition coefficient (Wildman–Crippen LogP) is 4.84. The topological polar surface area (TPSA) is 123 Å². The van der Waals surface area contributed by atoms with Crippen LogP contribution < -0.4 is 5.32 Å². The average molecular weight is 455 g/mol. The molecular weight excluding hydrogens is 436 g/mol. The summed E-state index contributed by atoms with van der Waals surface area (Å²) in [4.78, 5) is 31.4. The van der Waals surface area contributed by atoms with Crippen LogP contribution in [0.3, 0.4) is 0 Å². The Morgan fingerprint density at radius 1 is 1.09 bits per heavy atom. The van der Waals surface area contributed by atoms with Gasteiger partial charge in [-0.15, -0.1) is 0 Å². The number of aromatic nitrogens is 4. The number of halogens is 2. The summed E-state index contributed by atoms with van der Waals surface area (Å²) in [6.45, 7) is 4.00. The Morgan fingerprint density at radius 2 is 1.76 bits per heavy atom. The molecule has 0 bridgehead atoms. The molecule has 2 N–H and O–H groups in total. The van der Waals surface area contributed by atoms with Crippen molar-refractivity contribution in [2.75, 3.05) is 5.32 Å². The quantitative estimate of drug-likeness (QED) is 0.427. The maximum atomic E-state index is 13.5. The normalized spacial score (nSPS) is 10.5. The summed E-state index contributed by atoms with van der Waals surface area (Å²) in [5.74, 6) is -1.70. The number of rotatable bonds is 6. The lowest BCUT2D eigenvalue weighted by atomic mass is 10.2. The van der Waals surface area contributed by atoms with Gasteiger partial charge in [0.1, 0.15) is 6.26 Å². The molecule has 3 aromatic heterocycles. The van der Waals surface area contributed by atoms with Gasteiger partial charge in [-0.1, -0.05) is 13.8 Å². The van der Waals surface area contributed by atoms with Crippen LogP contribution in [0.2, 0.25) is 0 Å². The highest BCUT2D eigenvalue weighted by atomic mass is 19.3. The van der Waals surface area contributed by atoms with Gasteiger partial charge >= 0.3 is 5.97 Å². The van der Waals surface area contributed by atoms with Gasteiger partial charge in [-0.3, -0.25) is 9.78 Å². The molecule has 11 heteroatoms. The number of hydrogen-bond donors (Lipinski definition) is 2. The van der Waals surface area contributed by atoms with Gasteiger partial charge < -0.3 is 14.8 Å². The fraction of sp³-hybridized carbons (Fsp3) is 0.136. The molecule has 0 saturated heterocycles. The van der Waals surface area contributed by atoms with E-state index in [1.807, 2.05) is 13.8 Å². The van der Waals surface area contributed by atoms with Crippen molar-refractivity contribution in [1.29, 1.82) is 0 Å². The smallest absolute Gasteiger partial charge is 0.335 e. The summed E-state index contributed by atoms with van der Waals surface area (Å²) in [5.41, 5.74) is 0.0122. The first kappa shape index (κ1) is 23.3. The molecule has 0 spiro atoms. The minimum atomic E-state index is -2.96. The summed E-state index contributed by atoms with van der Waals surface area (Å²) < 4.78 is 33.3. The molecule has 0 saturated carbocycles. The summed E-state index contributed by atoms with van der Waals surface area (Å²) in [5, 5.41) is 15.1. The Balaban J connectivity index is 0.00000149. The van der Waals surface area contributed by atoms with Crippen molar-refractivity contribution < 1.29 is 27.9 Å². The molecule has 170 valence electrons. The molecule has 9 nitrogen and oxygen atoms in total. The number of carbonyl (C=O) groups is 2. The summed E-state index contributed by atoms with van der Waals surface area (Å²) in [6, 6.07) is 8.74. The first-order chi connectivity index (χ1) is 15.9. The fourth-order valence-corrected chi connectivity index (χ4v) is 2.73. The predicted molar refractivity (Wildman–Crippen MR) is 115 cm³/mol. The Kier molecular flexibility index (Phi) is 7.24. The number of nitrogens with zero attached hydrogens (tertiary/aromatic N) is 4. The number of oxazole rings is 1. The third-order valence-electron chi connectivity index (χ3n) is 4.24. The van der Waals surface area contributed by atoms with E-state index in [0.717, 1.165) is 10.9 Å². The molecule has 0 radical (unpaired) electrons. The maximum Gasteiger partial charge on any atom is 0.335 e. The number of carbonyl (C=O) groups excluding carboxylic acids is 1. The SMILES string of the molecule is CC.O=C(O)c1ccc(-n2cc(NC(=O)c3coc(-c4ccncc4)n3)c(C(F)F)n2)cc1. The Labute approximate surface area is 186 Å². The number of alkyl halides is 2. The number of carboxylic acid groups (broad SMARTS) is 1. The Bertz CT molecular complexity index is 1240. The van der Waals surface area contributed by atoms with Gasteiger partial charge in [0.15, 0.2) is 11.4 Å². The Morgan fingerprint density at radius 3 is 2.36 bits per heavy atom. The zero-order valence-electron chi connectivity index (χ0n) is 17.6. The van der Waals surface area contributed by atoms with Crippen molar-refractivity contribution >= 4 is 17.6 Å². The zero-order valence-corrected chi connectivity index (χ0v) is 17.6. The van der Waals surface area contributed by atoms with Gasteiger partial charge in [0.25, 0.3) is 12.3 Å². The van der Waals surface area contributed by atoms with E-state index in [4.69, 9.17) is 9.52 Å². The van der Waals surface area contributed by atoms with Crippen LogP contribution in [0.4, 0.5) is 14.5 Å². The van der Waals surface area contributed by atoms with Crippen molar-refractivity contribution in [1.82, 2.24) is 19.7 Å². The molecule has 4 rings (SSSR count). The monoisotopic (exact) mass is 455 g/mol. The molecule has 0 atom stereocenters. The van der Waals surface area contributed by atoms with Gasteiger partial charge in [-0.25, -0.2) is 23.2 Å². The number of aromatic carboxylic acids is 1. The summed E-state index contributed by atoms with van der Waals surface area (Å²) in [6.07, 6.45) is 2.43. The number of pyridine rings is 1. The highest BCUT2D eigenvalue weighted by molar-refractivity contribution is 6.03. The fourth-order valence-electron chi connectivity index (χ4n) is 2.73. The van der Waals surface area contributed by atoms with Crippen molar-refractivity contribution in [2.24, 2.45) is 0 Å². The largest absolute Gasteiger partial charge is 0.478 e. The second-order valence-corrected chi connectivity index (χ2v) is 6.25. The molecule has 0 aliphatic carbocycles. The van der Waals surface area contributed by atoms with Gasteiger partial charge in [0.05, 0.1) is 23.1 Å². The van der Waals surface area contributed by atoms with E-state index in [1.54, 1.807) is 12.1 Å². The van der Waals surface area contributed by atoms with Gasteiger partial charge in [0.2, 0.25) is 5.89 Å². The van der Waals surface area contributed by atoms with Crippen LogP contribution in [0.25, 0.3) is 17.1 Å². The molecule has 1 amide bonds. The second kappa shape index (κ2) is 10.3. The lowest BCUT2D eigenvalue weighted by Gasteiger charge is -2.02. The molecule has 3 heterocycles.